The number of benzene rings is 5. The van der Waals surface area contributed by atoms with E-state index in [2.05, 4.69) is 0 Å². The number of alkyl halides is 3. The summed E-state index contributed by atoms with van der Waals surface area (Å²) in [4.78, 5) is 29.3. The van der Waals surface area contributed by atoms with Crippen LogP contribution in [0.2, 0.25) is 5.02 Å². The summed E-state index contributed by atoms with van der Waals surface area (Å²) in [6.45, 7) is 0.467. The molecule has 0 fully saturated rings. The number of carbonyl (C=O) groups excluding carboxylic acids is 1. The zero-order valence-electron chi connectivity index (χ0n) is 25.9. The van der Waals surface area contributed by atoms with E-state index in [-0.39, 0.29) is 23.6 Å². The van der Waals surface area contributed by atoms with Gasteiger partial charge in [-0.3, -0.25) is 9.36 Å². The average Bonchev–Trinajstić information content (AvgIpc) is 3.48. The molecule has 0 amide bonds. The summed E-state index contributed by atoms with van der Waals surface area (Å²) in [6.07, 6.45) is -3.88. The Bertz CT molecular complexity index is 2250. The number of anilines is 1. The van der Waals surface area contributed by atoms with Crippen LogP contribution in [0, 0.1) is 0 Å². The topological polar surface area (TPSA) is 51.5 Å². The van der Waals surface area contributed by atoms with Crippen LogP contribution in [0.1, 0.15) is 28.3 Å². The molecule has 5 nitrogen and oxygen atoms in total. The monoisotopic (exact) mass is 666 g/mol. The van der Waals surface area contributed by atoms with Gasteiger partial charge >= 0.3 is 12.1 Å². The fourth-order valence-corrected chi connectivity index (χ4v) is 7.16. The first-order valence-corrected chi connectivity index (χ1v) is 15.9. The Hall–Kier alpha value is -5.08. The number of esters is 1. The van der Waals surface area contributed by atoms with Crippen LogP contribution >= 0.6 is 11.6 Å². The van der Waals surface area contributed by atoms with E-state index in [9.17, 15) is 22.8 Å². The molecule has 2 heterocycles. The molecule has 48 heavy (non-hydrogen) atoms. The van der Waals surface area contributed by atoms with E-state index >= 15 is 0 Å². The molecule has 0 N–H and O–H groups in total. The maximum Gasteiger partial charge on any atom is 0.416 e. The number of aromatic nitrogens is 1. The Labute approximate surface area is 279 Å². The number of carbonyl (C=O) groups is 1. The number of hydrogen-bond acceptors (Lipinski definition) is 4. The van der Waals surface area contributed by atoms with E-state index < -0.39 is 29.3 Å². The molecule has 0 saturated carbocycles. The summed E-state index contributed by atoms with van der Waals surface area (Å²) < 4.78 is 48.7. The normalized spacial score (nSPS) is 14.4. The highest BCUT2D eigenvalue weighted by Crippen LogP contribution is 2.44. The minimum Gasteiger partial charge on any atom is -0.467 e. The predicted octanol–water partition coefficient (Wildman–Crippen LogP) is 8.86. The smallest absolute Gasteiger partial charge is 0.416 e. The van der Waals surface area contributed by atoms with Crippen molar-refractivity contribution >= 4 is 44.9 Å². The molecule has 1 aliphatic rings. The lowest BCUT2D eigenvalue weighted by Crippen LogP contribution is -2.30. The van der Waals surface area contributed by atoms with Crippen LogP contribution in [0.4, 0.5) is 19.0 Å². The van der Waals surface area contributed by atoms with Crippen LogP contribution < -0.4 is 10.5 Å². The van der Waals surface area contributed by atoms with Gasteiger partial charge in [0.05, 0.1) is 19.2 Å². The molecule has 0 bridgehead atoms. The molecule has 1 aromatic heterocycles. The maximum absolute atomic E-state index is 14.2. The third kappa shape index (κ3) is 5.60. The third-order valence-electron chi connectivity index (χ3n) is 9.16. The average molecular weight is 667 g/mol. The molecule has 1 atom stereocenters. The molecular weight excluding hydrogens is 637 g/mol. The van der Waals surface area contributed by atoms with Crippen LogP contribution in [0.3, 0.4) is 0 Å². The minimum absolute atomic E-state index is 0.0900. The third-order valence-corrected chi connectivity index (χ3v) is 9.55. The number of halogens is 4. The Morgan fingerprint density at radius 2 is 1.46 bits per heavy atom. The number of nitrogens with zero attached hydrogens (tertiary/aromatic N) is 2. The molecule has 0 aliphatic carbocycles. The van der Waals surface area contributed by atoms with Gasteiger partial charge in [0.15, 0.2) is 6.04 Å². The molecule has 1 unspecified atom stereocenters. The quantitative estimate of drug-likeness (QED) is 0.160. The van der Waals surface area contributed by atoms with Crippen molar-refractivity contribution in [1.29, 1.82) is 0 Å². The van der Waals surface area contributed by atoms with Gasteiger partial charge in [-0.05, 0) is 62.4 Å². The molecule has 1 aliphatic heterocycles. The largest absolute Gasteiger partial charge is 0.467 e. The highest BCUT2D eigenvalue weighted by Gasteiger charge is 2.40. The number of ether oxygens (including phenoxy) is 1. The first kappa shape index (κ1) is 31.5. The van der Waals surface area contributed by atoms with Crippen molar-refractivity contribution in [2.45, 2.75) is 25.1 Å². The van der Waals surface area contributed by atoms with E-state index in [4.69, 9.17) is 16.3 Å². The number of hydrogen-bond donors (Lipinski definition) is 0. The summed E-state index contributed by atoms with van der Waals surface area (Å²) in [5, 5.41) is 3.92. The van der Waals surface area contributed by atoms with E-state index in [1.807, 2.05) is 89.8 Å². The lowest BCUT2D eigenvalue weighted by molar-refractivity contribution is -0.144. The summed E-state index contributed by atoms with van der Waals surface area (Å²) in [6, 6.07) is 31.6. The van der Waals surface area contributed by atoms with Crippen molar-refractivity contribution in [3.8, 4) is 11.1 Å². The molecule has 0 saturated heterocycles. The van der Waals surface area contributed by atoms with Crippen molar-refractivity contribution in [2.75, 3.05) is 25.1 Å². The molecular formula is C39H30ClF3N2O3. The Kier molecular flexibility index (Phi) is 8.21. The SMILES string of the molecule is COC(=O)C1CN(CCc2cccc3ccccc23)c2c(-c3cccc(C(F)(F)F)c3)c(Cc3cccc4ccccc34)c(Cl)c(=O)n21. The first-order valence-electron chi connectivity index (χ1n) is 15.6. The van der Waals surface area contributed by atoms with Crippen molar-refractivity contribution < 1.29 is 22.7 Å². The second-order valence-corrected chi connectivity index (χ2v) is 12.3. The highest BCUT2D eigenvalue weighted by molar-refractivity contribution is 6.32. The second kappa shape index (κ2) is 12.5. The molecule has 9 heteroatoms. The van der Waals surface area contributed by atoms with Crippen LogP contribution in [0.15, 0.2) is 114 Å². The summed E-state index contributed by atoms with van der Waals surface area (Å²) in [7, 11) is 1.25. The number of rotatable bonds is 7. The zero-order valence-corrected chi connectivity index (χ0v) is 26.7. The molecule has 5 aromatic carbocycles. The van der Waals surface area contributed by atoms with Crippen LogP contribution in [-0.2, 0) is 28.5 Å². The fraction of sp³-hybridized carbons (Fsp3) is 0.179. The Balaban J connectivity index is 1.46. The lowest BCUT2D eigenvalue weighted by Gasteiger charge is -2.25. The van der Waals surface area contributed by atoms with Crippen molar-refractivity contribution in [3.05, 3.63) is 147 Å². The molecule has 242 valence electrons. The number of pyridine rings is 1. The van der Waals surface area contributed by atoms with Crippen molar-refractivity contribution in [2.24, 2.45) is 0 Å². The zero-order chi connectivity index (χ0) is 33.6. The van der Waals surface area contributed by atoms with Gasteiger partial charge in [0.25, 0.3) is 5.56 Å². The summed E-state index contributed by atoms with van der Waals surface area (Å²) in [5.74, 6) is -0.298. The van der Waals surface area contributed by atoms with Gasteiger partial charge in [0, 0.05) is 18.5 Å². The van der Waals surface area contributed by atoms with Gasteiger partial charge in [-0.15, -0.1) is 0 Å². The molecule has 7 rings (SSSR count). The van der Waals surface area contributed by atoms with Gasteiger partial charge < -0.3 is 9.64 Å². The second-order valence-electron chi connectivity index (χ2n) is 11.9. The summed E-state index contributed by atoms with van der Waals surface area (Å²) >= 11 is 6.94. The van der Waals surface area contributed by atoms with Crippen LogP contribution in [0.25, 0.3) is 32.7 Å². The van der Waals surface area contributed by atoms with E-state index in [0.717, 1.165) is 44.8 Å². The van der Waals surface area contributed by atoms with Gasteiger partial charge in [-0.25, -0.2) is 4.79 Å². The number of methoxy groups -OCH3 is 1. The van der Waals surface area contributed by atoms with E-state index in [1.165, 1.54) is 17.7 Å². The van der Waals surface area contributed by atoms with Gasteiger partial charge in [0.2, 0.25) is 0 Å². The Morgan fingerprint density at radius 3 is 2.12 bits per heavy atom. The molecule has 0 radical (unpaired) electrons. The van der Waals surface area contributed by atoms with E-state index in [1.54, 1.807) is 6.07 Å². The summed E-state index contributed by atoms with van der Waals surface area (Å²) in [5.41, 5.74) is 1.51. The Morgan fingerprint density at radius 1 is 0.854 bits per heavy atom. The molecule has 6 aromatic rings. The van der Waals surface area contributed by atoms with Gasteiger partial charge in [-0.2, -0.15) is 13.2 Å². The lowest BCUT2D eigenvalue weighted by atomic mass is 9.92. The molecule has 0 spiro atoms. The van der Waals surface area contributed by atoms with Crippen LogP contribution in [-0.4, -0.2) is 30.7 Å². The van der Waals surface area contributed by atoms with Gasteiger partial charge in [0.1, 0.15) is 10.8 Å². The highest BCUT2D eigenvalue weighted by atomic mass is 35.5. The van der Waals surface area contributed by atoms with Crippen molar-refractivity contribution in [1.82, 2.24) is 4.57 Å². The minimum atomic E-state index is -4.60. The van der Waals surface area contributed by atoms with Gasteiger partial charge in [-0.1, -0.05) is 109 Å². The standard InChI is InChI=1S/C39H30ClF3N2O3/c1-48-38(47)33-23-44(20-19-26-13-6-11-24-9-2-4-17-30(24)26)36-34(28-15-8-16-29(21-28)39(41,42)43)32(35(40)37(46)45(33)36)22-27-14-7-12-25-10-3-5-18-31(25)27/h2-18,21,33H,19-20,22-23H2,1H3. The van der Waals surface area contributed by atoms with Crippen molar-refractivity contribution in [3.63, 3.8) is 0 Å². The first-order chi connectivity index (χ1) is 23.2. The number of fused-ring (bicyclic) bond motifs is 3. The predicted molar refractivity (Wildman–Crippen MR) is 184 cm³/mol. The van der Waals surface area contributed by atoms with E-state index in [0.29, 0.717) is 29.9 Å². The van der Waals surface area contributed by atoms with Crippen LogP contribution in [0.5, 0.6) is 0 Å². The fourth-order valence-electron chi connectivity index (χ4n) is 6.91. The maximum atomic E-state index is 14.2.